The first-order chi connectivity index (χ1) is 10.0. The molecule has 2 aromatic carbocycles. The van der Waals surface area contributed by atoms with Crippen molar-refractivity contribution >= 4 is 39.6 Å². The fourth-order valence-corrected chi connectivity index (χ4v) is 2.87. The van der Waals surface area contributed by atoms with Gasteiger partial charge in [-0.2, -0.15) is 0 Å². The van der Waals surface area contributed by atoms with E-state index in [1.165, 1.54) is 0 Å². The highest BCUT2D eigenvalue weighted by Gasteiger charge is 2.26. The molecule has 6 nitrogen and oxygen atoms in total. The van der Waals surface area contributed by atoms with Gasteiger partial charge in [-0.15, -0.1) is 0 Å². The molecule has 0 saturated carbocycles. The van der Waals surface area contributed by atoms with Crippen molar-refractivity contribution in [3.63, 3.8) is 0 Å². The van der Waals surface area contributed by atoms with E-state index in [-0.39, 0.29) is 11.5 Å². The predicted molar refractivity (Wildman–Crippen MR) is 86.3 cm³/mol. The number of hydrogen-bond acceptors (Lipinski definition) is 3. The van der Waals surface area contributed by atoms with Crippen molar-refractivity contribution in [2.75, 3.05) is 0 Å². The van der Waals surface area contributed by atoms with E-state index >= 15 is 0 Å². The molecule has 0 bridgehead atoms. The molecule has 2 aromatic rings. The molecule has 0 aromatic heterocycles. The summed E-state index contributed by atoms with van der Waals surface area (Å²) in [5, 5.41) is 0. The Bertz CT molecular complexity index is 664. The molecule has 0 fully saturated rings. The average Bonchev–Trinajstić information content (AvgIpc) is 2.44. The van der Waals surface area contributed by atoms with Gasteiger partial charge in [-0.05, 0) is 54.1 Å². The lowest BCUT2D eigenvalue weighted by atomic mass is 10.3. The van der Waals surface area contributed by atoms with Crippen LogP contribution < -0.4 is 9.05 Å². The Morgan fingerprint density at radius 2 is 1.29 bits per heavy atom. The number of nitrogens with zero attached hydrogens (tertiary/aromatic N) is 3. The molecule has 2 rings (SSSR count). The summed E-state index contributed by atoms with van der Waals surface area (Å²) in [7, 11) is -4.02. The number of halogens is 2. The summed E-state index contributed by atoms with van der Waals surface area (Å²) in [5.41, 5.74) is 8.56. The summed E-state index contributed by atoms with van der Waals surface area (Å²) < 4.78 is 24.5. The van der Waals surface area contributed by atoms with Crippen LogP contribution in [0.1, 0.15) is 0 Å². The zero-order chi connectivity index (χ0) is 15.3. The summed E-state index contributed by atoms with van der Waals surface area (Å²) in [4.78, 5) is 5.69. The SMILES string of the molecule is [N-]=[N+]=NP(=O)(Oc1ccc(Br)cc1)Oc1ccc(Br)cc1. The zero-order valence-electron chi connectivity index (χ0n) is 10.4. The maximum Gasteiger partial charge on any atom is 0.525 e. The van der Waals surface area contributed by atoms with Gasteiger partial charge in [0.25, 0.3) is 0 Å². The lowest BCUT2D eigenvalue weighted by molar-refractivity contribution is 0.387. The van der Waals surface area contributed by atoms with Crippen LogP contribution in [0.2, 0.25) is 0 Å². The standard InChI is InChI=1S/C12H8Br2N3O3P/c13-9-1-5-11(6-2-9)19-21(18,17-16-15)20-12-7-3-10(14)4-8-12/h1-8H. The summed E-state index contributed by atoms with van der Waals surface area (Å²) in [6.07, 6.45) is 0. The number of azide groups is 1. The van der Waals surface area contributed by atoms with E-state index in [1.807, 2.05) is 0 Å². The normalized spacial score (nSPS) is 10.6. The van der Waals surface area contributed by atoms with Crippen molar-refractivity contribution in [1.82, 2.24) is 0 Å². The topological polar surface area (TPSA) is 84.3 Å². The van der Waals surface area contributed by atoms with E-state index in [0.717, 1.165) is 8.95 Å². The minimum Gasteiger partial charge on any atom is -0.411 e. The summed E-state index contributed by atoms with van der Waals surface area (Å²) in [5.74, 6) is 0.539. The highest BCUT2D eigenvalue weighted by Crippen LogP contribution is 2.50. The van der Waals surface area contributed by atoms with Crippen LogP contribution in [0.15, 0.2) is 62.4 Å². The Hall–Kier alpha value is -1.46. The second-order valence-electron chi connectivity index (χ2n) is 3.74. The van der Waals surface area contributed by atoms with Crippen molar-refractivity contribution in [2.24, 2.45) is 4.88 Å². The van der Waals surface area contributed by atoms with Gasteiger partial charge >= 0.3 is 7.75 Å². The zero-order valence-corrected chi connectivity index (χ0v) is 14.5. The highest BCUT2D eigenvalue weighted by atomic mass is 79.9. The molecule has 0 atom stereocenters. The van der Waals surface area contributed by atoms with Gasteiger partial charge in [0.1, 0.15) is 11.5 Å². The largest absolute Gasteiger partial charge is 0.525 e. The molecule has 108 valence electrons. The molecule has 0 N–H and O–H groups in total. The predicted octanol–water partition coefficient (Wildman–Crippen LogP) is 6.09. The second kappa shape index (κ2) is 7.00. The molecule has 9 heteroatoms. The Labute approximate surface area is 137 Å². The van der Waals surface area contributed by atoms with Crippen LogP contribution in [-0.4, -0.2) is 0 Å². The molecule has 0 radical (unpaired) electrons. The van der Waals surface area contributed by atoms with Gasteiger partial charge in [0.2, 0.25) is 0 Å². The Kier molecular flexibility index (Phi) is 5.31. The molecule has 0 saturated heterocycles. The number of rotatable bonds is 5. The summed E-state index contributed by atoms with van der Waals surface area (Å²) in [6.45, 7) is 0. The maximum absolute atomic E-state index is 12.4. The molecule has 0 aliphatic rings. The van der Waals surface area contributed by atoms with Crippen molar-refractivity contribution < 1.29 is 13.6 Å². The smallest absolute Gasteiger partial charge is 0.411 e. The van der Waals surface area contributed by atoms with Crippen molar-refractivity contribution in [3.8, 4) is 11.5 Å². The van der Waals surface area contributed by atoms with E-state index in [2.05, 4.69) is 41.7 Å². The molecule has 21 heavy (non-hydrogen) atoms. The van der Waals surface area contributed by atoms with Crippen LogP contribution in [0.25, 0.3) is 10.4 Å². The van der Waals surface area contributed by atoms with Crippen LogP contribution in [0.4, 0.5) is 0 Å². The van der Waals surface area contributed by atoms with Crippen LogP contribution in [0.5, 0.6) is 11.5 Å². The second-order valence-corrected chi connectivity index (χ2v) is 7.05. The first-order valence-corrected chi connectivity index (χ1v) is 8.66. The minimum atomic E-state index is -4.02. The van der Waals surface area contributed by atoms with Crippen molar-refractivity contribution in [1.29, 1.82) is 0 Å². The van der Waals surface area contributed by atoms with Crippen LogP contribution in [0.3, 0.4) is 0 Å². The van der Waals surface area contributed by atoms with E-state index in [1.54, 1.807) is 48.5 Å². The molecule has 0 unspecified atom stereocenters. The highest BCUT2D eigenvalue weighted by molar-refractivity contribution is 9.10. The van der Waals surface area contributed by atoms with Crippen molar-refractivity contribution in [3.05, 3.63) is 67.9 Å². The molecule has 0 spiro atoms. The minimum absolute atomic E-state index is 0.269. The molecule has 0 aliphatic heterocycles. The quantitative estimate of drug-likeness (QED) is 0.248. The first kappa shape index (κ1) is 15.9. The number of benzene rings is 2. The average molecular weight is 433 g/mol. The van der Waals surface area contributed by atoms with E-state index in [0.29, 0.717) is 0 Å². The van der Waals surface area contributed by atoms with Crippen LogP contribution >= 0.6 is 39.6 Å². The lowest BCUT2D eigenvalue weighted by Gasteiger charge is -2.15. The molecular weight excluding hydrogens is 425 g/mol. The first-order valence-electron chi connectivity index (χ1n) is 5.58. The van der Waals surface area contributed by atoms with Gasteiger partial charge < -0.3 is 9.05 Å². The molecular formula is C12H8Br2N3O3P. The lowest BCUT2D eigenvalue weighted by Crippen LogP contribution is -1.98. The molecule has 0 amide bonds. The Balaban J connectivity index is 2.23. The van der Waals surface area contributed by atoms with E-state index < -0.39 is 7.75 Å². The van der Waals surface area contributed by atoms with Crippen LogP contribution in [-0.2, 0) is 4.57 Å². The molecule has 0 aliphatic carbocycles. The summed E-state index contributed by atoms with van der Waals surface area (Å²) >= 11 is 6.55. The van der Waals surface area contributed by atoms with Crippen molar-refractivity contribution in [2.45, 2.75) is 0 Å². The van der Waals surface area contributed by atoms with Gasteiger partial charge in [-0.25, -0.2) is 4.57 Å². The molecule has 0 heterocycles. The fraction of sp³-hybridized carbons (Fsp3) is 0. The third-order valence-corrected chi connectivity index (χ3v) is 4.46. The Morgan fingerprint density at radius 1 is 0.905 bits per heavy atom. The third kappa shape index (κ3) is 4.79. The maximum atomic E-state index is 12.4. The van der Waals surface area contributed by atoms with E-state index in [9.17, 15) is 4.57 Å². The monoisotopic (exact) mass is 431 g/mol. The van der Waals surface area contributed by atoms with Crippen LogP contribution in [0, 0.1) is 0 Å². The summed E-state index contributed by atoms with van der Waals surface area (Å²) in [6, 6.07) is 13.1. The van der Waals surface area contributed by atoms with Gasteiger partial charge in [0.15, 0.2) is 0 Å². The van der Waals surface area contributed by atoms with Gasteiger partial charge in [-0.3, -0.25) is 0 Å². The number of hydrogen-bond donors (Lipinski definition) is 0. The Morgan fingerprint density at radius 3 is 1.62 bits per heavy atom. The fourth-order valence-electron chi connectivity index (χ4n) is 1.36. The van der Waals surface area contributed by atoms with Gasteiger partial charge in [-0.1, -0.05) is 31.9 Å². The third-order valence-electron chi connectivity index (χ3n) is 2.22. The van der Waals surface area contributed by atoms with Gasteiger partial charge in [0, 0.05) is 18.7 Å². The van der Waals surface area contributed by atoms with Gasteiger partial charge in [0.05, 0.1) is 0 Å². The van der Waals surface area contributed by atoms with E-state index in [4.69, 9.17) is 14.6 Å².